The quantitative estimate of drug-likeness (QED) is 0.717. The number of nitrogens with zero attached hydrogens (tertiary/aromatic N) is 2. The van der Waals surface area contributed by atoms with Crippen molar-refractivity contribution in [3.8, 4) is 0 Å². The standard InChI is InChI=1S/C18H23N3O3S/c1-3-8-21(11-18(23)24)10-15-12-25-17(20-15)9-16(22)19-14-6-4-13(2)5-7-14/h4-7,12H,3,8-11H2,1-2H3,(H,19,22)(H,23,24). The maximum absolute atomic E-state index is 12.1. The van der Waals surface area contributed by atoms with Crippen LogP contribution in [-0.4, -0.2) is 40.0 Å². The number of carbonyl (C=O) groups is 2. The van der Waals surface area contributed by atoms with E-state index in [-0.39, 0.29) is 18.9 Å². The molecule has 6 nitrogen and oxygen atoms in total. The Morgan fingerprint density at radius 2 is 2.00 bits per heavy atom. The molecular weight excluding hydrogens is 338 g/mol. The molecule has 0 saturated carbocycles. The molecule has 1 aromatic heterocycles. The molecule has 0 aliphatic rings. The molecule has 0 saturated heterocycles. The highest BCUT2D eigenvalue weighted by molar-refractivity contribution is 7.09. The maximum Gasteiger partial charge on any atom is 0.317 e. The third-order valence-electron chi connectivity index (χ3n) is 3.53. The van der Waals surface area contributed by atoms with Crippen LogP contribution in [-0.2, 0) is 22.6 Å². The zero-order chi connectivity index (χ0) is 18.2. The Morgan fingerprint density at radius 3 is 2.64 bits per heavy atom. The predicted molar refractivity (Wildman–Crippen MR) is 98.8 cm³/mol. The van der Waals surface area contributed by atoms with Gasteiger partial charge in [-0.05, 0) is 32.0 Å². The number of amides is 1. The van der Waals surface area contributed by atoms with Gasteiger partial charge in [-0.1, -0.05) is 24.6 Å². The molecule has 134 valence electrons. The highest BCUT2D eigenvalue weighted by atomic mass is 32.1. The normalized spacial score (nSPS) is 10.8. The summed E-state index contributed by atoms with van der Waals surface area (Å²) in [4.78, 5) is 29.3. The fraction of sp³-hybridized carbons (Fsp3) is 0.389. The van der Waals surface area contributed by atoms with Gasteiger partial charge < -0.3 is 10.4 Å². The Hall–Kier alpha value is -2.25. The summed E-state index contributed by atoms with van der Waals surface area (Å²) in [5.41, 5.74) is 2.71. The van der Waals surface area contributed by atoms with Gasteiger partial charge in [0.25, 0.3) is 0 Å². The lowest BCUT2D eigenvalue weighted by molar-refractivity contribution is -0.138. The average molecular weight is 361 g/mol. The second-order valence-corrected chi connectivity index (χ2v) is 6.87. The highest BCUT2D eigenvalue weighted by Gasteiger charge is 2.13. The third kappa shape index (κ3) is 6.64. The first-order chi connectivity index (χ1) is 12.0. The minimum atomic E-state index is -0.846. The minimum Gasteiger partial charge on any atom is -0.480 e. The van der Waals surface area contributed by atoms with Crippen molar-refractivity contribution in [2.75, 3.05) is 18.4 Å². The molecule has 0 fully saturated rings. The summed E-state index contributed by atoms with van der Waals surface area (Å²) in [7, 11) is 0. The van der Waals surface area contributed by atoms with Gasteiger partial charge in [-0.15, -0.1) is 11.3 Å². The molecule has 0 bridgehead atoms. The molecule has 0 aliphatic heterocycles. The number of thiazole rings is 1. The summed E-state index contributed by atoms with van der Waals surface area (Å²) < 4.78 is 0. The van der Waals surface area contributed by atoms with Gasteiger partial charge >= 0.3 is 5.97 Å². The Bertz CT molecular complexity index is 713. The molecule has 0 radical (unpaired) electrons. The van der Waals surface area contributed by atoms with Crippen LogP contribution in [0.15, 0.2) is 29.6 Å². The number of aryl methyl sites for hydroxylation is 1. The van der Waals surface area contributed by atoms with Crippen molar-refractivity contribution in [2.24, 2.45) is 0 Å². The van der Waals surface area contributed by atoms with E-state index in [1.54, 1.807) is 0 Å². The van der Waals surface area contributed by atoms with Crippen molar-refractivity contribution in [3.63, 3.8) is 0 Å². The molecule has 0 unspecified atom stereocenters. The van der Waals surface area contributed by atoms with Crippen LogP contribution < -0.4 is 5.32 Å². The molecular formula is C18H23N3O3S. The molecule has 0 aliphatic carbocycles. The molecule has 1 amide bonds. The van der Waals surface area contributed by atoms with E-state index in [9.17, 15) is 9.59 Å². The van der Waals surface area contributed by atoms with Gasteiger partial charge in [-0.3, -0.25) is 14.5 Å². The van der Waals surface area contributed by atoms with Crippen molar-refractivity contribution < 1.29 is 14.7 Å². The zero-order valence-corrected chi connectivity index (χ0v) is 15.3. The summed E-state index contributed by atoms with van der Waals surface area (Å²) in [5.74, 6) is -0.956. The van der Waals surface area contributed by atoms with Gasteiger partial charge in [0.15, 0.2) is 0 Å². The molecule has 7 heteroatoms. The van der Waals surface area contributed by atoms with Crippen LogP contribution in [0.2, 0.25) is 0 Å². The second kappa shape index (κ2) is 9.29. The fourth-order valence-electron chi connectivity index (χ4n) is 2.43. The van der Waals surface area contributed by atoms with Crippen LogP contribution in [0.4, 0.5) is 5.69 Å². The summed E-state index contributed by atoms with van der Waals surface area (Å²) in [6, 6.07) is 7.63. The number of aliphatic carboxylic acids is 1. The summed E-state index contributed by atoms with van der Waals surface area (Å²) in [6.07, 6.45) is 1.09. The number of nitrogens with one attached hydrogen (secondary N) is 1. The Kier molecular flexibility index (Phi) is 7.09. The van der Waals surface area contributed by atoms with E-state index in [1.165, 1.54) is 11.3 Å². The number of hydrogen-bond donors (Lipinski definition) is 2. The topological polar surface area (TPSA) is 82.5 Å². The smallest absolute Gasteiger partial charge is 0.317 e. The van der Waals surface area contributed by atoms with E-state index in [1.807, 2.05) is 48.4 Å². The van der Waals surface area contributed by atoms with Crippen LogP contribution in [0.5, 0.6) is 0 Å². The molecule has 2 rings (SSSR count). The molecule has 1 aromatic carbocycles. The summed E-state index contributed by atoms with van der Waals surface area (Å²) in [5, 5.41) is 14.4. The SMILES string of the molecule is CCCN(CC(=O)O)Cc1csc(CC(=O)Nc2ccc(C)cc2)n1. The number of rotatable bonds is 9. The van der Waals surface area contributed by atoms with E-state index in [0.29, 0.717) is 13.1 Å². The molecule has 0 spiro atoms. The van der Waals surface area contributed by atoms with E-state index in [4.69, 9.17) is 5.11 Å². The summed E-state index contributed by atoms with van der Waals surface area (Å²) >= 11 is 1.42. The minimum absolute atomic E-state index is 0.00535. The zero-order valence-electron chi connectivity index (χ0n) is 14.5. The second-order valence-electron chi connectivity index (χ2n) is 5.93. The lowest BCUT2D eigenvalue weighted by atomic mass is 10.2. The monoisotopic (exact) mass is 361 g/mol. The first-order valence-electron chi connectivity index (χ1n) is 8.20. The lowest BCUT2D eigenvalue weighted by Crippen LogP contribution is -2.30. The molecule has 25 heavy (non-hydrogen) atoms. The number of carboxylic acid groups (broad SMARTS) is 1. The van der Waals surface area contributed by atoms with Crippen molar-refractivity contribution >= 4 is 28.9 Å². The van der Waals surface area contributed by atoms with Gasteiger partial charge in [-0.2, -0.15) is 0 Å². The Balaban J connectivity index is 1.90. The molecule has 0 atom stereocenters. The predicted octanol–water partition coefficient (Wildman–Crippen LogP) is 2.93. The highest BCUT2D eigenvalue weighted by Crippen LogP contribution is 2.14. The van der Waals surface area contributed by atoms with E-state index < -0.39 is 5.97 Å². The number of benzene rings is 1. The number of carboxylic acids is 1. The van der Waals surface area contributed by atoms with Crippen molar-refractivity contribution in [3.05, 3.63) is 45.9 Å². The Labute approximate surface area is 151 Å². The van der Waals surface area contributed by atoms with Gasteiger partial charge in [0.1, 0.15) is 5.01 Å². The fourth-order valence-corrected chi connectivity index (χ4v) is 3.22. The van der Waals surface area contributed by atoms with Gasteiger partial charge in [0, 0.05) is 17.6 Å². The average Bonchev–Trinajstić information content (AvgIpc) is 2.96. The van der Waals surface area contributed by atoms with Crippen LogP contribution in [0.1, 0.15) is 29.6 Å². The first-order valence-corrected chi connectivity index (χ1v) is 9.08. The lowest BCUT2D eigenvalue weighted by Gasteiger charge is -2.17. The molecule has 1 heterocycles. The number of aromatic nitrogens is 1. The van der Waals surface area contributed by atoms with Crippen LogP contribution in [0.3, 0.4) is 0 Å². The first kappa shape index (κ1) is 19.1. The van der Waals surface area contributed by atoms with Crippen LogP contribution >= 0.6 is 11.3 Å². The van der Waals surface area contributed by atoms with Crippen LogP contribution in [0, 0.1) is 6.92 Å². The maximum atomic E-state index is 12.1. The molecule has 2 N–H and O–H groups in total. The Morgan fingerprint density at radius 1 is 1.28 bits per heavy atom. The van der Waals surface area contributed by atoms with Crippen molar-refractivity contribution in [1.82, 2.24) is 9.88 Å². The number of anilines is 1. The van der Waals surface area contributed by atoms with E-state index >= 15 is 0 Å². The van der Waals surface area contributed by atoms with E-state index in [2.05, 4.69) is 10.3 Å². The van der Waals surface area contributed by atoms with E-state index in [0.717, 1.165) is 28.4 Å². The third-order valence-corrected chi connectivity index (χ3v) is 4.43. The largest absolute Gasteiger partial charge is 0.480 e. The van der Waals surface area contributed by atoms with Crippen molar-refractivity contribution in [2.45, 2.75) is 33.2 Å². The van der Waals surface area contributed by atoms with Crippen molar-refractivity contribution in [1.29, 1.82) is 0 Å². The van der Waals surface area contributed by atoms with Gasteiger partial charge in [-0.25, -0.2) is 4.98 Å². The number of carbonyl (C=O) groups excluding carboxylic acids is 1. The van der Waals surface area contributed by atoms with Gasteiger partial charge in [0.05, 0.1) is 18.7 Å². The molecule has 2 aromatic rings. The van der Waals surface area contributed by atoms with Crippen LogP contribution in [0.25, 0.3) is 0 Å². The number of hydrogen-bond acceptors (Lipinski definition) is 5. The summed E-state index contributed by atoms with van der Waals surface area (Å²) in [6.45, 7) is 5.18. The van der Waals surface area contributed by atoms with Gasteiger partial charge in [0.2, 0.25) is 5.91 Å².